The fourth-order valence-electron chi connectivity index (χ4n) is 0.820. The Bertz CT molecular complexity index is 216. The molecule has 0 rings (SSSR count). The molecule has 0 saturated heterocycles. The van der Waals surface area contributed by atoms with Crippen LogP contribution < -0.4 is 0 Å². The van der Waals surface area contributed by atoms with Crippen LogP contribution in [-0.4, -0.2) is 18.7 Å². The monoisotopic (exact) mass is 192 g/mol. The fraction of sp³-hybridized carbons (Fsp3) is 0.750. The zero-order chi connectivity index (χ0) is 9.45. The van der Waals surface area contributed by atoms with E-state index in [1.165, 1.54) is 6.08 Å². The smallest absolute Gasteiger partial charge is 0.268 e. The first-order chi connectivity index (χ1) is 5.56. The van der Waals surface area contributed by atoms with Crippen molar-refractivity contribution in [1.82, 2.24) is 0 Å². The number of hydrogen-bond acceptors (Lipinski definition) is 2. The lowest BCUT2D eigenvalue weighted by Crippen LogP contribution is -1.99. The summed E-state index contributed by atoms with van der Waals surface area (Å²) in [5.74, 6) is -0.265. The highest BCUT2D eigenvalue weighted by atomic mass is 32.2. The summed E-state index contributed by atoms with van der Waals surface area (Å²) in [6, 6.07) is 0. The van der Waals surface area contributed by atoms with Crippen molar-refractivity contribution in [3.63, 3.8) is 0 Å². The molecule has 0 saturated carbocycles. The number of unbranched alkanes of at least 4 members (excludes halogenated alkanes) is 3. The third kappa shape index (κ3) is 9.65. The molecule has 72 valence electrons. The molecule has 3 nitrogen and oxygen atoms in total. The normalized spacial score (nSPS) is 12.5. The van der Waals surface area contributed by atoms with Gasteiger partial charge in [0.05, 0.1) is 5.75 Å². The molecule has 0 aromatic rings. The van der Waals surface area contributed by atoms with E-state index in [1.807, 2.05) is 0 Å². The molecule has 12 heavy (non-hydrogen) atoms. The van der Waals surface area contributed by atoms with Gasteiger partial charge in [0.15, 0.2) is 0 Å². The Kier molecular flexibility index (Phi) is 6.02. The highest BCUT2D eigenvalue weighted by molar-refractivity contribution is 7.85. The Morgan fingerprint density at radius 1 is 1.25 bits per heavy atom. The van der Waals surface area contributed by atoms with Crippen molar-refractivity contribution in [1.29, 1.82) is 0 Å². The van der Waals surface area contributed by atoms with E-state index in [4.69, 9.17) is 4.55 Å². The first-order valence-corrected chi connectivity index (χ1v) is 5.77. The molecule has 0 radical (unpaired) electrons. The third-order valence-corrected chi connectivity index (χ3v) is 2.06. The minimum absolute atomic E-state index is 0.265. The average Bonchev–Trinajstić information content (AvgIpc) is 1.94. The maximum atomic E-state index is 10.2. The van der Waals surface area contributed by atoms with Crippen molar-refractivity contribution in [3.05, 3.63) is 12.2 Å². The van der Waals surface area contributed by atoms with Crippen LogP contribution in [0.2, 0.25) is 0 Å². The van der Waals surface area contributed by atoms with E-state index >= 15 is 0 Å². The lowest BCUT2D eigenvalue weighted by molar-refractivity contribution is 0.486. The maximum Gasteiger partial charge on any atom is 0.268 e. The van der Waals surface area contributed by atoms with Crippen molar-refractivity contribution in [3.8, 4) is 0 Å². The quantitative estimate of drug-likeness (QED) is 0.398. The zero-order valence-corrected chi connectivity index (χ0v) is 8.18. The Labute approximate surface area is 74.2 Å². The largest absolute Gasteiger partial charge is 0.285 e. The van der Waals surface area contributed by atoms with E-state index in [2.05, 4.69) is 6.92 Å². The second kappa shape index (κ2) is 6.20. The lowest BCUT2D eigenvalue weighted by Gasteiger charge is -1.91. The summed E-state index contributed by atoms with van der Waals surface area (Å²) in [5.41, 5.74) is 0. The summed E-state index contributed by atoms with van der Waals surface area (Å²) in [6.45, 7) is 2.11. The highest BCUT2D eigenvalue weighted by Gasteiger charge is 1.97. The minimum Gasteiger partial charge on any atom is -0.285 e. The van der Waals surface area contributed by atoms with Gasteiger partial charge in [0, 0.05) is 0 Å². The van der Waals surface area contributed by atoms with Gasteiger partial charge >= 0.3 is 0 Å². The summed E-state index contributed by atoms with van der Waals surface area (Å²) in [5, 5.41) is 0. The molecule has 1 N–H and O–H groups in total. The van der Waals surface area contributed by atoms with E-state index in [0.717, 1.165) is 25.7 Å². The highest BCUT2D eigenvalue weighted by Crippen LogP contribution is 1.99. The number of rotatable bonds is 6. The average molecular weight is 192 g/mol. The number of allylic oxidation sites excluding steroid dienone is 1. The maximum absolute atomic E-state index is 10.2. The zero-order valence-electron chi connectivity index (χ0n) is 7.36. The van der Waals surface area contributed by atoms with Crippen LogP contribution >= 0.6 is 0 Å². The first-order valence-electron chi connectivity index (χ1n) is 4.16. The fourth-order valence-corrected chi connectivity index (χ4v) is 1.20. The molecule has 0 fully saturated rings. The standard InChI is InChI=1S/C8H16O3S/c1-2-3-4-5-6-7-8-12(9,10)11/h6-7H,2-5,8H2,1H3,(H,9,10,11)/b7-6+. The second-order valence-electron chi connectivity index (χ2n) is 2.72. The summed E-state index contributed by atoms with van der Waals surface area (Å²) in [4.78, 5) is 0. The predicted molar refractivity (Wildman–Crippen MR) is 49.7 cm³/mol. The molecule has 0 aliphatic rings. The van der Waals surface area contributed by atoms with Crippen LogP contribution in [0.3, 0.4) is 0 Å². The minimum atomic E-state index is -3.80. The second-order valence-corrected chi connectivity index (χ2v) is 4.21. The molecule has 0 spiro atoms. The molecular formula is C8H16O3S. The summed E-state index contributed by atoms with van der Waals surface area (Å²) in [7, 11) is -3.80. The van der Waals surface area contributed by atoms with Gasteiger partial charge in [-0.05, 0) is 12.8 Å². The SMILES string of the molecule is CCCCC/C=C/CS(=O)(=O)O. The summed E-state index contributed by atoms with van der Waals surface area (Å²) in [6.07, 6.45) is 7.58. The third-order valence-electron chi connectivity index (χ3n) is 1.45. The molecule has 0 amide bonds. The molecule has 0 aromatic heterocycles. The summed E-state index contributed by atoms with van der Waals surface area (Å²) >= 11 is 0. The molecule has 0 unspecified atom stereocenters. The Morgan fingerprint density at radius 2 is 1.92 bits per heavy atom. The number of hydrogen-bond donors (Lipinski definition) is 1. The molecule has 0 heterocycles. The van der Waals surface area contributed by atoms with Gasteiger partial charge in [0.1, 0.15) is 0 Å². The van der Waals surface area contributed by atoms with Gasteiger partial charge in [-0.2, -0.15) is 8.42 Å². The van der Waals surface area contributed by atoms with Crippen LogP contribution in [0.15, 0.2) is 12.2 Å². The van der Waals surface area contributed by atoms with E-state index in [1.54, 1.807) is 6.08 Å². The van der Waals surface area contributed by atoms with Crippen LogP contribution in [-0.2, 0) is 10.1 Å². The van der Waals surface area contributed by atoms with E-state index in [-0.39, 0.29) is 5.75 Å². The van der Waals surface area contributed by atoms with Gasteiger partial charge < -0.3 is 0 Å². The molecule has 0 aliphatic heterocycles. The van der Waals surface area contributed by atoms with Crippen molar-refractivity contribution >= 4 is 10.1 Å². The van der Waals surface area contributed by atoms with E-state index < -0.39 is 10.1 Å². The van der Waals surface area contributed by atoms with Crippen LogP contribution in [0.4, 0.5) is 0 Å². The van der Waals surface area contributed by atoms with Crippen molar-refractivity contribution in [2.45, 2.75) is 32.6 Å². The van der Waals surface area contributed by atoms with Gasteiger partial charge in [-0.3, -0.25) is 4.55 Å². The van der Waals surface area contributed by atoms with Gasteiger partial charge in [0.2, 0.25) is 0 Å². The molecule has 4 heteroatoms. The van der Waals surface area contributed by atoms with Crippen LogP contribution in [0.25, 0.3) is 0 Å². The first kappa shape index (κ1) is 11.6. The Hall–Kier alpha value is -0.350. The van der Waals surface area contributed by atoms with Crippen LogP contribution in [0.5, 0.6) is 0 Å². The molecule has 0 aromatic carbocycles. The van der Waals surface area contributed by atoms with Gasteiger partial charge in [-0.15, -0.1) is 0 Å². The molecular weight excluding hydrogens is 176 g/mol. The summed E-state index contributed by atoms with van der Waals surface area (Å²) < 4.78 is 28.8. The van der Waals surface area contributed by atoms with Crippen LogP contribution in [0.1, 0.15) is 32.6 Å². The Balaban J connectivity index is 3.39. The molecule has 0 atom stereocenters. The van der Waals surface area contributed by atoms with Gasteiger partial charge in [0.25, 0.3) is 10.1 Å². The molecule has 0 bridgehead atoms. The van der Waals surface area contributed by atoms with Crippen molar-refractivity contribution in [2.24, 2.45) is 0 Å². The van der Waals surface area contributed by atoms with E-state index in [9.17, 15) is 8.42 Å². The van der Waals surface area contributed by atoms with Crippen molar-refractivity contribution < 1.29 is 13.0 Å². The van der Waals surface area contributed by atoms with E-state index in [0.29, 0.717) is 0 Å². The van der Waals surface area contributed by atoms with Crippen molar-refractivity contribution in [2.75, 3.05) is 5.75 Å². The Morgan fingerprint density at radius 3 is 2.42 bits per heavy atom. The van der Waals surface area contributed by atoms with Gasteiger partial charge in [-0.25, -0.2) is 0 Å². The lowest BCUT2D eigenvalue weighted by atomic mass is 10.2. The predicted octanol–water partition coefficient (Wildman–Crippen LogP) is 2.01. The van der Waals surface area contributed by atoms with Crippen LogP contribution in [0, 0.1) is 0 Å². The topological polar surface area (TPSA) is 54.4 Å². The molecule has 0 aliphatic carbocycles. The van der Waals surface area contributed by atoms with Gasteiger partial charge in [-0.1, -0.05) is 31.9 Å².